The van der Waals surface area contributed by atoms with Crippen LogP contribution in [0.4, 0.5) is 11.4 Å². The molecule has 1 aliphatic carbocycles. The number of nitrogens with one attached hydrogen (secondary N) is 2. The molecule has 0 aliphatic heterocycles. The van der Waals surface area contributed by atoms with Gasteiger partial charge in [0.2, 0.25) is 11.8 Å². The number of amides is 2. The molecule has 172 valence electrons. The molecule has 6 nitrogen and oxygen atoms in total. The predicted molar refractivity (Wildman–Crippen MR) is 127 cm³/mol. The maximum atomic E-state index is 12.7. The lowest BCUT2D eigenvalue weighted by molar-refractivity contribution is -0.125. The lowest BCUT2D eigenvalue weighted by Gasteiger charge is -2.27. The molecule has 2 amide bonds. The summed E-state index contributed by atoms with van der Waals surface area (Å²) in [5.74, 6) is 1.46. The molecular formula is C26H34N2O4. The molecule has 0 radical (unpaired) electrons. The third-order valence-corrected chi connectivity index (χ3v) is 5.46. The average Bonchev–Trinajstić information content (AvgIpc) is 2.76. The molecule has 1 aliphatic rings. The molecule has 2 aromatic carbocycles. The van der Waals surface area contributed by atoms with Crippen LogP contribution in [0.5, 0.6) is 11.5 Å². The van der Waals surface area contributed by atoms with Crippen molar-refractivity contribution in [1.29, 1.82) is 0 Å². The summed E-state index contributed by atoms with van der Waals surface area (Å²) < 4.78 is 11.3. The molecule has 0 spiro atoms. The van der Waals surface area contributed by atoms with Crippen molar-refractivity contribution in [2.45, 2.75) is 65.6 Å². The van der Waals surface area contributed by atoms with Gasteiger partial charge in [0.15, 0.2) is 0 Å². The van der Waals surface area contributed by atoms with Crippen LogP contribution in [0, 0.1) is 11.8 Å². The molecule has 2 N–H and O–H groups in total. The highest BCUT2D eigenvalue weighted by atomic mass is 16.5. The van der Waals surface area contributed by atoms with Crippen molar-refractivity contribution in [2.24, 2.45) is 11.8 Å². The Labute approximate surface area is 190 Å². The van der Waals surface area contributed by atoms with E-state index in [0.29, 0.717) is 25.7 Å². The van der Waals surface area contributed by atoms with E-state index in [1.165, 1.54) is 0 Å². The van der Waals surface area contributed by atoms with E-state index in [-0.39, 0.29) is 35.9 Å². The van der Waals surface area contributed by atoms with E-state index in [0.717, 1.165) is 22.9 Å². The molecule has 0 saturated heterocycles. The van der Waals surface area contributed by atoms with Gasteiger partial charge in [-0.25, -0.2) is 0 Å². The van der Waals surface area contributed by atoms with Gasteiger partial charge in [-0.2, -0.15) is 0 Å². The topological polar surface area (TPSA) is 76.7 Å². The van der Waals surface area contributed by atoms with E-state index in [9.17, 15) is 9.59 Å². The summed E-state index contributed by atoms with van der Waals surface area (Å²) in [6.07, 6.45) is 3.06. The fourth-order valence-electron chi connectivity index (χ4n) is 3.88. The van der Waals surface area contributed by atoms with Crippen molar-refractivity contribution in [2.75, 3.05) is 10.6 Å². The minimum atomic E-state index is -0.0712. The Morgan fingerprint density at radius 3 is 1.25 bits per heavy atom. The number of rotatable bonds is 8. The first kappa shape index (κ1) is 23.6. The summed E-state index contributed by atoms with van der Waals surface area (Å²) in [6.45, 7) is 7.91. The third kappa shape index (κ3) is 7.01. The molecule has 3 rings (SSSR count). The molecule has 0 aromatic heterocycles. The van der Waals surface area contributed by atoms with Crippen LogP contribution in [-0.4, -0.2) is 24.0 Å². The van der Waals surface area contributed by atoms with Crippen molar-refractivity contribution in [1.82, 2.24) is 0 Å². The fraction of sp³-hybridized carbons (Fsp3) is 0.462. The Morgan fingerprint density at radius 2 is 0.969 bits per heavy atom. The van der Waals surface area contributed by atoms with Gasteiger partial charge in [0, 0.05) is 23.2 Å². The van der Waals surface area contributed by atoms with Crippen molar-refractivity contribution in [3.05, 3.63) is 48.5 Å². The van der Waals surface area contributed by atoms with E-state index < -0.39 is 0 Å². The lowest BCUT2D eigenvalue weighted by Crippen LogP contribution is -2.32. The first-order valence-electron chi connectivity index (χ1n) is 11.5. The molecule has 0 heterocycles. The maximum absolute atomic E-state index is 12.7. The number of hydrogen-bond donors (Lipinski definition) is 2. The second kappa shape index (κ2) is 11.0. The van der Waals surface area contributed by atoms with Crippen molar-refractivity contribution in [3.63, 3.8) is 0 Å². The highest BCUT2D eigenvalue weighted by molar-refractivity contribution is 5.94. The molecular weight excluding hydrogens is 404 g/mol. The van der Waals surface area contributed by atoms with Gasteiger partial charge in [-0.15, -0.1) is 0 Å². The van der Waals surface area contributed by atoms with E-state index in [2.05, 4.69) is 10.6 Å². The maximum Gasteiger partial charge on any atom is 0.227 e. The Hall–Kier alpha value is -3.02. The van der Waals surface area contributed by atoms with Gasteiger partial charge in [-0.1, -0.05) is 0 Å². The largest absolute Gasteiger partial charge is 0.491 e. The molecule has 0 bridgehead atoms. The molecule has 6 heteroatoms. The first-order valence-corrected chi connectivity index (χ1v) is 11.5. The normalized spacial score (nSPS) is 18.3. The summed E-state index contributed by atoms with van der Waals surface area (Å²) >= 11 is 0. The van der Waals surface area contributed by atoms with Crippen LogP contribution in [0.1, 0.15) is 53.4 Å². The van der Waals surface area contributed by atoms with E-state index >= 15 is 0 Å². The van der Waals surface area contributed by atoms with Crippen LogP contribution in [0.15, 0.2) is 48.5 Å². The van der Waals surface area contributed by atoms with Gasteiger partial charge in [0.25, 0.3) is 0 Å². The predicted octanol–water partition coefficient (Wildman–Crippen LogP) is 5.64. The molecule has 0 atom stereocenters. The molecule has 32 heavy (non-hydrogen) atoms. The van der Waals surface area contributed by atoms with Gasteiger partial charge in [0.05, 0.1) is 12.2 Å². The minimum absolute atomic E-state index is 0.0159. The number of anilines is 2. The van der Waals surface area contributed by atoms with E-state index in [1.807, 2.05) is 76.2 Å². The number of ether oxygens (including phenoxy) is 2. The lowest BCUT2D eigenvalue weighted by atomic mass is 9.81. The van der Waals surface area contributed by atoms with Gasteiger partial charge in [-0.3, -0.25) is 9.59 Å². The van der Waals surface area contributed by atoms with Gasteiger partial charge in [-0.05, 0) is 102 Å². The number of carbonyl (C=O) groups is 2. The van der Waals surface area contributed by atoms with Crippen molar-refractivity contribution < 1.29 is 19.1 Å². The molecule has 0 unspecified atom stereocenters. The van der Waals surface area contributed by atoms with Crippen LogP contribution >= 0.6 is 0 Å². The van der Waals surface area contributed by atoms with Gasteiger partial charge < -0.3 is 20.1 Å². The smallest absolute Gasteiger partial charge is 0.227 e. The zero-order valence-electron chi connectivity index (χ0n) is 19.4. The molecule has 1 fully saturated rings. The Morgan fingerprint density at radius 1 is 0.656 bits per heavy atom. The van der Waals surface area contributed by atoms with Crippen molar-refractivity contribution in [3.8, 4) is 11.5 Å². The zero-order valence-corrected chi connectivity index (χ0v) is 19.4. The second-order valence-corrected chi connectivity index (χ2v) is 8.91. The summed E-state index contributed by atoms with van der Waals surface area (Å²) in [4.78, 5) is 25.3. The average molecular weight is 439 g/mol. The summed E-state index contributed by atoms with van der Waals surface area (Å²) in [5, 5.41) is 5.98. The van der Waals surface area contributed by atoms with Crippen LogP contribution in [0.25, 0.3) is 0 Å². The van der Waals surface area contributed by atoms with Crippen LogP contribution < -0.4 is 20.1 Å². The van der Waals surface area contributed by atoms with Crippen LogP contribution in [0.2, 0.25) is 0 Å². The van der Waals surface area contributed by atoms with Gasteiger partial charge >= 0.3 is 0 Å². The van der Waals surface area contributed by atoms with Crippen LogP contribution in [-0.2, 0) is 9.59 Å². The number of benzene rings is 2. The quantitative estimate of drug-likeness (QED) is 0.559. The van der Waals surface area contributed by atoms with Crippen LogP contribution in [0.3, 0.4) is 0 Å². The van der Waals surface area contributed by atoms with Gasteiger partial charge in [0.1, 0.15) is 11.5 Å². The Kier molecular flexibility index (Phi) is 8.14. The standard InChI is InChI=1S/C26H34N2O4/c1-17(2)31-23-13-9-21(10-14-23)27-25(29)19-5-7-20(8-6-19)26(30)28-22-11-15-24(16-12-22)32-18(3)4/h9-20H,5-8H2,1-4H3,(H,27,29)(H,28,30). The summed E-state index contributed by atoms with van der Waals surface area (Å²) in [7, 11) is 0. The van der Waals surface area contributed by atoms with E-state index in [4.69, 9.17) is 9.47 Å². The zero-order chi connectivity index (χ0) is 23.1. The minimum Gasteiger partial charge on any atom is -0.491 e. The highest BCUT2D eigenvalue weighted by Gasteiger charge is 2.30. The Balaban J connectivity index is 1.44. The first-order chi connectivity index (χ1) is 15.3. The number of carbonyl (C=O) groups excluding carboxylic acids is 2. The second-order valence-electron chi connectivity index (χ2n) is 8.91. The molecule has 2 aromatic rings. The fourth-order valence-corrected chi connectivity index (χ4v) is 3.88. The Bertz CT molecular complexity index is 808. The molecule has 1 saturated carbocycles. The monoisotopic (exact) mass is 438 g/mol. The van der Waals surface area contributed by atoms with Crippen molar-refractivity contribution >= 4 is 23.2 Å². The SMILES string of the molecule is CC(C)Oc1ccc(NC(=O)C2CCC(C(=O)Nc3ccc(OC(C)C)cc3)CC2)cc1. The highest BCUT2D eigenvalue weighted by Crippen LogP contribution is 2.31. The number of hydrogen-bond acceptors (Lipinski definition) is 4. The van der Waals surface area contributed by atoms with E-state index in [1.54, 1.807) is 0 Å². The third-order valence-electron chi connectivity index (χ3n) is 5.46. The summed E-state index contributed by atoms with van der Waals surface area (Å²) in [6, 6.07) is 14.9. The summed E-state index contributed by atoms with van der Waals surface area (Å²) in [5.41, 5.74) is 1.52.